The summed E-state index contributed by atoms with van der Waals surface area (Å²) in [6.45, 7) is 8.65. The predicted octanol–water partition coefficient (Wildman–Crippen LogP) is 9.43. The summed E-state index contributed by atoms with van der Waals surface area (Å²) in [5, 5.41) is 11.1. The van der Waals surface area contributed by atoms with E-state index in [9.17, 15) is 35.3 Å². The molecule has 51 heavy (non-hydrogen) atoms. The Morgan fingerprint density at radius 3 is 2.24 bits per heavy atom. The summed E-state index contributed by atoms with van der Waals surface area (Å²) in [6.07, 6.45) is -0.186. The van der Waals surface area contributed by atoms with Gasteiger partial charge in [-0.15, -0.1) is 0 Å². The zero-order valence-electron chi connectivity index (χ0n) is 27.3. The topological polar surface area (TPSA) is 124 Å². The lowest BCUT2D eigenvalue weighted by Gasteiger charge is -2.13. The fraction of sp³-hybridized carbons (Fsp3) is 0.324. The number of allylic oxidation sites excluding steroid dienone is 2. The number of nitrogens with two attached hydrogens (primary N) is 1. The molecular weight excluding hydrogens is 745 g/mol. The van der Waals surface area contributed by atoms with Crippen LogP contribution < -0.4 is 5.73 Å². The first-order valence-electron chi connectivity index (χ1n) is 14.9. The maximum atomic E-state index is 12.7. The molecule has 0 bridgehead atoms. The summed E-state index contributed by atoms with van der Waals surface area (Å²) in [5.74, 6) is 0.103. The summed E-state index contributed by atoms with van der Waals surface area (Å²) < 4.78 is 99.5. The maximum Gasteiger partial charge on any atom is 0.476 e. The van der Waals surface area contributed by atoms with Crippen molar-refractivity contribution in [3.05, 3.63) is 105 Å². The number of rotatable bonds is 8. The number of esters is 1. The van der Waals surface area contributed by atoms with E-state index in [4.69, 9.17) is 43.4 Å². The number of aromatic nitrogens is 2. The first-order valence-corrected chi connectivity index (χ1v) is 16.8. The molecule has 3 atom stereocenters. The normalized spacial score (nSPS) is 17.1. The Morgan fingerprint density at radius 1 is 1.10 bits per heavy atom. The molecule has 2 aromatic heterocycles. The number of nitriles is 1. The monoisotopic (exact) mass is 774 g/mol. The third kappa shape index (κ3) is 9.16. The second-order valence-corrected chi connectivity index (χ2v) is 14.6. The van der Waals surface area contributed by atoms with Crippen LogP contribution in [0.5, 0.6) is 0 Å². The molecule has 0 spiro atoms. The Kier molecular flexibility index (Phi) is 11.7. The van der Waals surface area contributed by atoms with E-state index in [1.807, 2.05) is 24.3 Å². The number of carbonyl (C=O) groups is 1. The molecule has 0 aliphatic heterocycles. The lowest BCUT2D eigenvalue weighted by molar-refractivity contribution is -0.147. The van der Waals surface area contributed by atoms with Crippen LogP contribution in [-0.4, -0.2) is 25.5 Å². The quantitative estimate of drug-likeness (QED) is 0.107. The molecule has 17 heteroatoms. The highest BCUT2D eigenvalue weighted by Gasteiger charge is 2.61. The van der Waals surface area contributed by atoms with Crippen LogP contribution in [0, 0.1) is 28.6 Å². The summed E-state index contributed by atoms with van der Waals surface area (Å²) >= 11 is 11.5. The van der Waals surface area contributed by atoms with Gasteiger partial charge in [0.15, 0.2) is 16.5 Å². The van der Waals surface area contributed by atoms with Crippen LogP contribution in [0.1, 0.15) is 55.8 Å². The van der Waals surface area contributed by atoms with Crippen molar-refractivity contribution in [2.24, 2.45) is 17.3 Å². The van der Waals surface area contributed by atoms with Crippen molar-refractivity contribution in [2.45, 2.75) is 57.3 Å². The van der Waals surface area contributed by atoms with Crippen LogP contribution in [0.25, 0.3) is 5.69 Å². The number of halogens is 8. The molecule has 0 radical (unpaired) electrons. The molecule has 2 heterocycles. The van der Waals surface area contributed by atoms with Crippen LogP contribution in [0.4, 0.5) is 32.2 Å². The van der Waals surface area contributed by atoms with E-state index in [1.165, 1.54) is 17.2 Å². The average Bonchev–Trinajstić information content (AvgIpc) is 3.30. The van der Waals surface area contributed by atoms with Crippen molar-refractivity contribution < 1.29 is 44.5 Å². The molecule has 1 aliphatic carbocycles. The Morgan fingerprint density at radius 2 is 1.71 bits per heavy atom. The fourth-order valence-electron chi connectivity index (χ4n) is 5.32. The van der Waals surface area contributed by atoms with Gasteiger partial charge >= 0.3 is 17.7 Å². The summed E-state index contributed by atoms with van der Waals surface area (Å²) in [4.78, 5) is 11.3. The zero-order chi connectivity index (χ0) is 38.1. The van der Waals surface area contributed by atoms with E-state index in [0.717, 1.165) is 17.7 Å². The zero-order valence-corrected chi connectivity index (χ0v) is 29.7. The van der Waals surface area contributed by atoms with Gasteiger partial charge in [-0.05, 0) is 48.9 Å². The van der Waals surface area contributed by atoms with Crippen LogP contribution in [-0.2, 0) is 39.5 Å². The van der Waals surface area contributed by atoms with Crippen LogP contribution in [0.3, 0.4) is 0 Å². The van der Waals surface area contributed by atoms with Gasteiger partial charge in [0.1, 0.15) is 34.8 Å². The van der Waals surface area contributed by atoms with Crippen molar-refractivity contribution in [3.63, 3.8) is 0 Å². The second-order valence-electron chi connectivity index (χ2n) is 12.3. The number of hydrogen-bond donors (Lipinski definition) is 1. The van der Waals surface area contributed by atoms with E-state index < -0.39 is 60.2 Å². The van der Waals surface area contributed by atoms with Gasteiger partial charge in [0, 0.05) is 12.0 Å². The molecule has 0 amide bonds. The standard InChI is InChI=1S/C22H26O3.C12H4Cl2F6N4OS/c1-15(2)10-19-20(22(19,3)4)21(23)25-14-17-12-18(24-13-17)11-16-8-6-5-7-9-16;13-5-1-4(11(15,16)17)2-6(14)8(5)24-10(22)9(7(3-21)23-24)26(25)12(18,19)20/h5-10,12-13,19-20H,11,14H2,1-4H3;1-2H,22H2/t19-,20+;/m1./s1. The molecule has 0 saturated heterocycles. The van der Waals surface area contributed by atoms with Gasteiger partial charge in [-0.1, -0.05) is 79.0 Å². The number of alkyl halides is 6. The number of carbonyl (C=O) groups excluding carboxylic acids is 1. The van der Waals surface area contributed by atoms with Crippen molar-refractivity contribution in [3.8, 4) is 11.8 Å². The Bertz CT molecular complexity index is 1990. The van der Waals surface area contributed by atoms with Gasteiger partial charge in [0.05, 0.1) is 27.8 Å². The highest BCUT2D eigenvalue weighted by molar-refractivity contribution is 7.86. The first kappa shape index (κ1) is 39.5. The third-order valence-electron chi connectivity index (χ3n) is 7.92. The largest absolute Gasteiger partial charge is 0.476 e. The van der Waals surface area contributed by atoms with Gasteiger partial charge in [0.25, 0.3) is 0 Å². The summed E-state index contributed by atoms with van der Waals surface area (Å²) in [6, 6.07) is 14.3. The lowest BCUT2D eigenvalue weighted by Crippen LogP contribution is -2.18. The molecular formula is C34H30Cl2F6N4O4S. The maximum absolute atomic E-state index is 12.7. The van der Waals surface area contributed by atoms with E-state index in [0.29, 0.717) is 16.8 Å². The number of nitrogen functional groups attached to an aromatic ring is 1. The van der Waals surface area contributed by atoms with Crippen molar-refractivity contribution >= 4 is 45.8 Å². The number of nitrogens with zero attached hydrogens (tertiary/aromatic N) is 3. The molecule has 8 nitrogen and oxygen atoms in total. The minimum atomic E-state index is -5.25. The third-order valence-corrected chi connectivity index (χ3v) is 9.69. The van der Waals surface area contributed by atoms with Crippen LogP contribution in [0.2, 0.25) is 10.0 Å². The fourth-order valence-corrected chi connectivity index (χ4v) is 6.74. The number of hydrogen-bond acceptors (Lipinski definition) is 7. The Hall–Kier alpha value is -4.26. The smallest absolute Gasteiger partial charge is 0.469 e. The van der Waals surface area contributed by atoms with Gasteiger partial charge in [0.2, 0.25) is 0 Å². The molecule has 2 N–H and O–H groups in total. The number of furan rings is 1. The second kappa shape index (κ2) is 15.1. The summed E-state index contributed by atoms with van der Waals surface area (Å²) in [5.41, 5.74) is 0.911. The van der Waals surface area contributed by atoms with Crippen LogP contribution >= 0.6 is 23.2 Å². The first-order chi connectivity index (χ1) is 23.7. The van der Waals surface area contributed by atoms with E-state index in [1.54, 1.807) is 6.26 Å². The SMILES string of the molecule is CC(C)=C[C@@H]1[C@@H](C(=O)OCc2coc(Cc3ccccc3)c2)C1(C)C.N#Cc1nn(-c2c(Cl)cc(C(F)(F)F)cc2Cl)c(N)c1S(=O)C(F)(F)F. The Labute approximate surface area is 301 Å². The minimum Gasteiger partial charge on any atom is -0.469 e. The van der Waals surface area contributed by atoms with E-state index >= 15 is 0 Å². The van der Waals surface area contributed by atoms with Crippen LogP contribution in [0.15, 0.2) is 75.8 Å². The van der Waals surface area contributed by atoms with Gasteiger partial charge in [-0.3, -0.25) is 4.79 Å². The van der Waals surface area contributed by atoms with Crippen molar-refractivity contribution in [1.29, 1.82) is 5.26 Å². The molecule has 5 rings (SSSR count). The molecule has 1 saturated carbocycles. The van der Waals surface area contributed by atoms with E-state index in [2.05, 4.69) is 51.0 Å². The lowest BCUT2D eigenvalue weighted by atomic mass is 10.1. The molecule has 1 unspecified atom stereocenters. The number of benzene rings is 2. The molecule has 2 aromatic carbocycles. The summed E-state index contributed by atoms with van der Waals surface area (Å²) in [7, 11) is -3.71. The number of ether oxygens (including phenoxy) is 1. The van der Waals surface area contributed by atoms with Crippen molar-refractivity contribution in [2.75, 3.05) is 5.73 Å². The van der Waals surface area contributed by atoms with Gasteiger partial charge < -0.3 is 14.9 Å². The predicted molar refractivity (Wildman–Crippen MR) is 178 cm³/mol. The highest BCUT2D eigenvalue weighted by Crippen LogP contribution is 2.60. The average molecular weight is 776 g/mol. The van der Waals surface area contributed by atoms with Gasteiger partial charge in [-0.25, -0.2) is 8.89 Å². The van der Waals surface area contributed by atoms with Gasteiger partial charge in [-0.2, -0.15) is 36.7 Å². The number of anilines is 1. The molecule has 1 fully saturated rings. The molecule has 1 aliphatic rings. The highest BCUT2D eigenvalue weighted by atomic mass is 35.5. The Balaban J connectivity index is 0.000000229. The molecule has 272 valence electrons. The molecule has 4 aromatic rings. The van der Waals surface area contributed by atoms with E-state index in [-0.39, 0.29) is 29.8 Å². The van der Waals surface area contributed by atoms with Crippen molar-refractivity contribution in [1.82, 2.24) is 9.78 Å². The minimum absolute atomic E-state index is 0.0107.